The monoisotopic (exact) mass is 340 g/mol. The van der Waals surface area contributed by atoms with E-state index in [0.717, 1.165) is 57.8 Å². The van der Waals surface area contributed by atoms with Crippen molar-refractivity contribution in [3.63, 3.8) is 0 Å². The summed E-state index contributed by atoms with van der Waals surface area (Å²) in [6.45, 7) is 10.9. The van der Waals surface area contributed by atoms with Gasteiger partial charge in [0.05, 0.1) is 11.6 Å². The summed E-state index contributed by atoms with van der Waals surface area (Å²) in [7, 11) is 0. The molecule has 0 aliphatic carbocycles. The van der Waals surface area contributed by atoms with E-state index < -0.39 is 0 Å². The molecule has 5 nitrogen and oxygen atoms in total. The molecule has 1 aromatic carbocycles. The number of hydrogen-bond acceptors (Lipinski definition) is 4. The minimum Gasteiger partial charge on any atom is -0.342 e. The zero-order valence-electron chi connectivity index (χ0n) is 15.3. The first-order chi connectivity index (χ1) is 12.1. The molecule has 1 aromatic rings. The lowest BCUT2D eigenvalue weighted by molar-refractivity contribution is -0.128. The van der Waals surface area contributed by atoms with Crippen LogP contribution in [0.1, 0.15) is 31.4 Å². The average Bonchev–Trinajstić information content (AvgIpc) is 2.82. The highest BCUT2D eigenvalue weighted by molar-refractivity contribution is 5.73. The topological polar surface area (TPSA) is 50.6 Å². The summed E-state index contributed by atoms with van der Waals surface area (Å²) in [4.78, 5) is 18.7. The fourth-order valence-electron chi connectivity index (χ4n) is 4.23. The van der Waals surface area contributed by atoms with Crippen molar-refractivity contribution < 1.29 is 4.79 Å². The number of amides is 1. The standard InChI is InChI=1S/C20H28N4O/c1-16-13-22(14-19-6-3-5-18(11-19)12-21)15-20(16)24-8-4-7-23(9-10-24)17(2)25/h3,5-6,11,16,20H,4,7-10,13-15H2,1-2H3. The van der Waals surface area contributed by atoms with Crippen LogP contribution in [0.25, 0.3) is 0 Å². The maximum atomic E-state index is 11.6. The van der Waals surface area contributed by atoms with E-state index in [0.29, 0.717) is 12.0 Å². The summed E-state index contributed by atoms with van der Waals surface area (Å²) in [6.07, 6.45) is 1.06. The molecular formula is C20H28N4O. The van der Waals surface area contributed by atoms with Gasteiger partial charge in [-0.1, -0.05) is 19.1 Å². The van der Waals surface area contributed by atoms with Gasteiger partial charge in [0.1, 0.15) is 0 Å². The Morgan fingerprint density at radius 1 is 1.24 bits per heavy atom. The van der Waals surface area contributed by atoms with E-state index in [-0.39, 0.29) is 5.91 Å². The molecule has 0 saturated carbocycles. The number of rotatable bonds is 3. The fraction of sp³-hybridized carbons (Fsp3) is 0.600. The molecular weight excluding hydrogens is 312 g/mol. The third-order valence-corrected chi connectivity index (χ3v) is 5.56. The Bertz CT molecular complexity index is 653. The number of likely N-dealkylation sites (tertiary alicyclic amines) is 1. The van der Waals surface area contributed by atoms with Crippen LogP contribution < -0.4 is 0 Å². The summed E-state index contributed by atoms with van der Waals surface area (Å²) in [5.74, 6) is 0.823. The van der Waals surface area contributed by atoms with Gasteiger partial charge in [-0.2, -0.15) is 5.26 Å². The van der Waals surface area contributed by atoms with Gasteiger partial charge in [-0.3, -0.25) is 14.6 Å². The molecule has 3 rings (SSSR count). The molecule has 1 amide bonds. The first kappa shape index (κ1) is 17.9. The second-order valence-electron chi connectivity index (χ2n) is 7.45. The van der Waals surface area contributed by atoms with Crippen LogP contribution >= 0.6 is 0 Å². The number of carbonyl (C=O) groups is 1. The Morgan fingerprint density at radius 3 is 2.84 bits per heavy atom. The van der Waals surface area contributed by atoms with E-state index in [2.05, 4.69) is 28.9 Å². The van der Waals surface area contributed by atoms with Crippen LogP contribution in [0.15, 0.2) is 24.3 Å². The predicted molar refractivity (Wildman–Crippen MR) is 97.8 cm³/mol. The van der Waals surface area contributed by atoms with Crippen molar-refractivity contribution in [1.29, 1.82) is 5.26 Å². The van der Waals surface area contributed by atoms with Crippen LogP contribution in [0.3, 0.4) is 0 Å². The van der Waals surface area contributed by atoms with Crippen LogP contribution in [-0.2, 0) is 11.3 Å². The Labute approximate surface area is 150 Å². The summed E-state index contributed by atoms with van der Waals surface area (Å²) >= 11 is 0. The van der Waals surface area contributed by atoms with E-state index in [1.807, 2.05) is 23.1 Å². The highest BCUT2D eigenvalue weighted by Crippen LogP contribution is 2.24. The van der Waals surface area contributed by atoms with Crippen molar-refractivity contribution in [3.05, 3.63) is 35.4 Å². The first-order valence-electron chi connectivity index (χ1n) is 9.28. The quantitative estimate of drug-likeness (QED) is 0.844. The third kappa shape index (κ3) is 4.39. The fourth-order valence-corrected chi connectivity index (χ4v) is 4.23. The van der Waals surface area contributed by atoms with Crippen molar-refractivity contribution in [2.24, 2.45) is 5.92 Å². The van der Waals surface area contributed by atoms with Gasteiger partial charge < -0.3 is 4.90 Å². The Hall–Kier alpha value is -1.90. The van der Waals surface area contributed by atoms with Crippen LogP contribution in [0.4, 0.5) is 0 Å². The number of carbonyl (C=O) groups excluding carboxylic acids is 1. The van der Waals surface area contributed by atoms with Gasteiger partial charge in [0, 0.05) is 58.8 Å². The van der Waals surface area contributed by atoms with Crippen molar-refractivity contribution in [3.8, 4) is 6.07 Å². The van der Waals surface area contributed by atoms with E-state index in [9.17, 15) is 4.79 Å². The molecule has 0 radical (unpaired) electrons. The largest absolute Gasteiger partial charge is 0.342 e. The van der Waals surface area contributed by atoms with Gasteiger partial charge in [-0.25, -0.2) is 0 Å². The average molecular weight is 340 g/mol. The second kappa shape index (κ2) is 7.99. The van der Waals surface area contributed by atoms with Crippen molar-refractivity contribution in [2.75, 3.05) is 39.3 Å². The number of nitriles is 1. The van der Waals surface area contributed by atoms with Crippen LogP contribution in [0, 0.1) is 17.2 Å². The maximum absolute atomic E-state index is 11.6. The molecule has 2 unspecified atom stereocenters. The molecule has 0 spiro atoms. The minimum atomic E-state index is 0.195. The molecule has 2 aliphatic heterocycles. The van der Waals surface area contributed by atoms with Crippen LogP contribution in [0.5, 0.6) is 0 Å². The van der Waals surface area contributed by atoms with Gasteiger partial charge in [0.15, 0.2) is 0 Å². The lowest BCUT2D eigenvalue weighted by atomic mass is 10.0. The predicted octanol–water partition coefficient (Wildman–Crippen LogP) is 1.93. The van der Waals surface area contributed by atoms with Crippen LogP contribution in [-0.4, -0.2) is 65.9 Å². The first-order valence-corrected chi connectivity index (χ1v) is 9.28. The van der Waals surface area contributed by atoms with Gasteiger partial charge in [0.2, 0.25) is 5.91 Å². The molecule has 2 saturated heterocycles. The van der Waals surface area contributed by atoms with Crippen molar-refractivity contribution in [1.82, 2.24) is 14.7 Å². The van der Waals surface area contributed by atoms with Gasteiger partial charge in [-0.15, -0.1) is 0 Å². The zero-order valence-corrected chi connectivity index (χ0v) is 15.3. The third-order valence-electron chi connectivity index (χ3n) is 5.56. The highest BCUT2D eigenvalue weighted by Gasteiger charge is 2.34. The zero-order chi connectivity index (χ0) is 17.8. The summed E-state index contributed by atoms with van der Waals surface area (Å²) < 4.78 is 0. The molecule has 0 bridgehead atoms. The molecule has 0 N–H and O–H groups in total. The number of benzene rings is 1. The molecule has 2 fully saturated rings. The van der Waals surface area contributed by atoms with Crippen molar-refractivity contribution >= 4 is 5.91 Å². The van der Waals surface area contributed by atoms with E-state index in [4.69, 9.17) is 5.26 Å². The van der Waals surface area contributed by atoms with E-state index in [1.54, 1.807) is 6.92 Å². The Kier molecular flexibility index (Phi) is 5.72. The molecule has 0 aromatic heterocycles. The van der Waals surface area contributed by atoms with E-state index >= 15 is 0 Å². The molecule has 5 heteroatoms. The Balaban J connectivity index is 1.59. The number of nitrogens with zero attached hydrogens (tertiary/aromatic N) is 4. The summed E-state index contributed by atoms with van der Waals surface area (Å²) in [5.41, 5.74) is 1.95. The molecule has 134 valence electrons. The van der Waals surface area contributed by atoms with Gasteiger partial charge in [-0.05, 0) is 30.0 Å². The maximum Gasteiger partial charge on any atom is 0.219 e. The molecule has 2 atom stereocenters. The summed E-state index contributed by atoms with van der Waals surface area (Å²) in [6, 6.07) is 10.7. The SMILES string of the molecule is CC(=O)N1CCCN(C2CN(Cc3cccc(C#N)c3)CC2C)CC1. The molecule has 2 aliphatic rings. The molecule has 2 heterocycles. The Morgan fingerprint density at radius 2 is 2.08 bits per heavy atom. The van der Waals surface area contributed by atoms with Gasteiger partial charge in [0.25, 0.3) is 0 Å². The number of hydrogen-bond donors (Lipinski definition) is 0. The van der Waals surface area contributed by atoms with Crippen molar-refractivity contribution in [2.45, 2.75) is 32.9 Å². The van der Waals surface area contributed by atoms with E-state index in [1.165, 1.54) is 5.56 Å². The lowest BCUT2D eigenvalue weighted by Gasteiger charge is -2.30. The second-order valence-corrected chi connectivity index (χ2v) is 7.45. The smallest absolute Gasteiger partial charge is 0.219 e. The highest BCUT2D eigenvalue weighted by atomic mass is 16.2. The van der Waals surface area contributed by atoms with Crippen LogP contribution in [0.2, 0.25) is 0 Å². The lowest BCUT2D eigenvalue weighted by Crippen LogP contribution is -2.42. The minimum absolute atomic E-state index is 0.195. The summed E-state index contributed by atoms with van der Waals surface area (Å²) in [5, 5.41) is 9.07. The van der Waals surface area contributed by atoms with Gasteiger partial charge >= 0.3 is 0 Å². The molecule has 25 heavy (non-hydrogen) atoms. The normalized spacial score (nSPS) is 25.6.